The summed E-state index contributed by atoms with van der Waals surface area (Å²) in [5.74, 6) is 1.90. The van der Waals surface area contributed by atoms with Crippen molar-refractivity contribution in [2.24, 2.45) is 0 Å². The molecule has 3 aliphatic heterocycles. The number of rotatable bonds is 10. The number of fused-ring (bicyclic) bond motifs is 3. The molecule has 0 saturated carbocycles. The largest absolute Gasteiger partial charge is 0.486 e. The summed E-state index contributed by atoms with van der Waals surface area (Å²) in [5.41, 5.74) is 3.51. The highest BCUT2D eigenvalue weighted by Crippen LogP contribution is 2.36. The standard InChI is InChI=1S/C31H39N7O5/c1-19-29(43-18-35-19)16-42-27-6-3-22-14-37(8-7-21(22)9-27)15-26(40)13-32-31(41)28-12-30(34-17-33-28)36-23-10-24-4-5-25(11-23)38(24)20(2)39/h3,6,9,12,17-18,23-26,40H,4-5,7-8,10-11,13-16H2,1-2H3,(H,32,41)(H,33,34,36)/t23?,24?,25?,26-/m0/s1. The quantitative estimate of drug-likeness (QED) is 0.322. The maximum Gasteiger partial charge on any atom is 0.270 e. The fourth-order valence-corrected chi connectivity index (χ4v) is 6.69. The van der Waals surface area contributed by atoms with Crippen molar-refractivity contribution in [3.63, 3.8) is 0 Å². The van der Waals surface area contributed by atoms with Crippen molar-refractivity contribution in [2.75, 3.05) is 25.0 Å². The van der Waals surface area contributed by atoms with Crippen LogP contribution in [0, 0.1) is 6.92 Å². The SMILES string of the molecule is CC(=O)N1C2CCC1CC(Nc1cc(C(=O)NC[C@H](O)CN3CCc4cc(OCc5ocnc5C)ccc4C3)ncn1)C2. The number of aliphatic hydroxyl groups is 1. The molecule has 3 atom stereocenters. The van der Waals surface area contributed by atoms with Crippen LogP contribution in [0.4, 0.5) is 5.82 Å². The third-order valence-corrected chi connectivity index (χ3v) is 8.80. The maximum atomic E-state index is 12.8. The molecule has 2 bridgehead atoms. The fraction of sp³-hybridized carbons (Fsp3) is 0.516. The summed E-state index contributed by atoms with van der Waals surface area (Å²) in [4.78, 5) is 41.6. The number of carbonyl (C=O) groups excluding carboxylic acids is 2. The third kappa shape index (κ3) is 6.80. The van der Waals surface area contributed by atoms with Gasteiger partial charge in [0.2, 0.25) is 5.91 Å². The van der Waals surface area contributed by atoms with Crippen molar-refractivity contribution >= 4 is 17.6 Å². The first kappa shape index (κ1) is 29.1. The molecule has 1 aromatic carbocycles. The molecule has 2 fully saturated rings. The molecule has 0 spiro atoms. The topological polar surface area (TPSA) is 146 Å². The number of ether oxygens (including phenoxy) is 1. The summed E-state index contributed by atoms with van der Waals surface area (Å²) in [6, 6.07) is 8.45. The van der Waals surface area contributed by atoms with Crippen LogP contribution in [-0.2, 0) is 24.4 Å². The fourth-order valence-electron chi connectivity index (χ4n) is 6.69. The van der Waals surface area contributed by atoms with Gasteiger partial charge in [-0.25, -0.2) is 15.0 Å². The number of benzene rings is 1. The van der Waals surface area contributed by atoms with Crippen LogP contribution in [0.3, 0.4) is 0 Å². The molecule has 2 saturated heterocycles. The van der Waals surface area contributed by atoms with E-state index in [0.717, 1.165) is 62.4 Å². The molecular weight excluding hydrogens is 550 g/mol. The van der Waals surface area contributed by atoms with Crippen LogP contribution in [0.15, 0.2) is 41.4 Å². The lowest BCUT2D eigenvalue weighted by atomic mass is 9.97. The number of carbonyl (C=O) groups is 2. The van der Waals surface area contributed by atoms with Crippen LogP contribution >= 0.6 is 0 Å². The molecule has 12 nitrogen and oxygen atoms in total. The van der Waals surface area contributed by atoms with Crippen LogP contribution in [0.25, 0.3) is 0 Å². The van der Waals surface area contributed by atoms with Crippen molar-refractivity contribution in [1.82, 2.24) is 30.1 Å². The molecule has 3 aliphatic rings. The van der Waals surface area contributed by atoms with Crippen LogP contribution in [0.5, 0.6) is 5.75 Å². The van der Waals surface area contributed by atoms with Gasteiger partial charge in [0.05, 0.1) is 11.8 Å². The number of nitrogens with zero attached hydrogens (tertiary/aromatic N) is 5. The van der Waals surface area contributed by atoms with Crippen LogP contribution in [0.1, 0.15) is 65.7 Å². The molecule has 43 heavy (non-hydrogen) atoms. The van der Waals surface area contributed by atoms with Gasteiger partial charge in [-0.15, -0.1) is 0 Å². The molecule has 3 aromatic rings. The Kier molecular flexibility index (Phi) is 8.57. The van der Waals surface area contributed by atoms with Crippen LogP contribution in [0.2, 0.25) is 0 Å². The number of oxazole rings is 1. The van der Waals surface area contributed by atoms with E-state index in [4.69, 9.17) is 9.15 Å². The summed E-state index contributed by atoms with van der Waals surface area (Å²) in [7, 11) is 0. The van der Waals surface area contributed by atoms with Crippen LogP contribution < -0.4 is 15.4 Å². The van der Waals surface area contributed by atoms with E-state index in [1.165, 1.54) is 23.8 Å². The summed E-state index contributed by atoms with van der Waals surface area (Å²) >= 11 is 0. The molecule has 3 N–H and O–H groups in total. The Labute approximate surface area is 250 Å². The molecule has 2 amide bonds. The van der Waals surface area contributed by atoms with E-state index in [0.29, 0.717) is 19.0 Å². The average Bonchev–Trinajstić information content (AvgIpc) is 3.54. The smallest absolute Gasteiger partial charge is 0.270 e. The van der Waals surface area contributed by atoms with Gasteiger partial charge in [0.1, 0.15) is 30.2 Å². The number of piperidine rings is 1. The molecule has 12 heteroatoms. The second-order valence-corrected chi connectivity index (χ2v) is 11.8. The lowest BCUT2D eigenvalue weighted by Crippen LogP contribution is -2.49. The maximum absolute atomic E-state index is 12.8. The number of aryl methyl sites for hydroxylation is 1. The van der Waals surface area contributed by atoms with Gasteiger partial charge in [0.15, 0.2) is 12.2 Å². The van der Waals surface area contributed by atoms with Gasteiger partial charge < -0.3 is 29.8 Å². The molecule has 5 heterocycles. The van der Waals surface area contributed by atoms with E-state index in [2.05, 4.69) is 42.6 Å². The van der Waals surface area contributed by atoms with Gasteiger partial charge in [-0.2, -0.15) is 0 Å². The first-order valence-corrected chi connectivity index (χ1v) is 15.0. The number of amides is 2. The van der Waals surface area contributed by atoms with Crippen LogP contribution in [-0.4, -0.2) is 85.5 Å². The molecule has 6 rings (SSSR count). The Morgan fingerprint density at radius 1 is 1.14 bits per heavy atom. The van der Waals surface area contributed by atoms with E-state index in [9.17, 15) is 14.7 Å². The first-order chi connectivity index (χ1) is 20.8. The highest BCUT2D eigenvalue weighted by Gasteiger charge is 2.42. The number of hydrogen-bond donors (Lipinski definition) is 3. The van der Waals surface area contributed by atoms with Gasteiger partial charge in [-0.3, -0.25) is 14.5 Å². The van der Waals surface area contributed by atoms with Crippen molar-refractivity contribution in [1.29, 1.82) is 0 Å². The van der Waals surface area contributed by atoms with E-state index in [1.807, 2.05) is 17.9 Å². The Hall–Kier alpha value is -4.03. The second-order valence-electron chi connectivity index (χ2n) is 11.8. The number of anilines is 1. The predicted octanol–water partition coefficient (Wildman–Crippen LogP) is 2.45. The normalized spacial score (nSPS) is 22.1. The zero-order valence-corrected chi connectivity index (χ0v) is 24.7. The first-order valence-electron chi connectivity index (χ1n) is 15.0. The highest BCUT2D eigenvalue weighted by atomic mass is 16.5. The van der Waals surface area contributed by atoms with Gasteiger partial charge in [-0.05, 0) is 62.3 Å². The number of aromatic nitrogens is 3. The molecule has 2 unspecified atom stereocenters. The second kappa shape index (κ2) is 12.7. The van der Waals surface area contributed by atoms with Gasteiger partial charge >= 0.3 is 0 Å². The number of β-amino-alcohol motifs (C(OH)–C–C–N with tert-alkyl or cyclic N) is 1. The zero-order chi connectivity index (χ0) is 29.9. The number of hydrogen-bond acceptors (Lipinski definition) is 10. The minimum absolute atomic E-state index is 0.121. The summed E-state index contributed by atoms with van der Waals surface area (Å²) in [6.45, 7) is 5.96. The predicted molar refractivity (Wildman–Crippen MR) is 157 cm³/mol. The monoisotopic (exact) mass is 589 g/mol. The third-order valence-electron chi connectivity index (χ3n) is 8.80. The van der Waals surface area contributed by atoms with Crippen molar-refractivity contribution in [3.05, 3.63) is 65.3 Å². The summed E-state index contributed by atoms with van der Waals surface area (Å²) in [5, 5.41) is 16.9. The van der Waals surface area contributed by atoms with E-state index >= 15 is 0 Å². The minimum Gasteiger partial charge on any atom is -0.486 e. The lowest BCUT2D eigenvalue weighted by molar-refractivity contribution is -0.133. The summed E-state index contributed by atoms with van der Waals surface area (Å²) < 4.78 is 11.2. The lowest BCUT2D eigenvalue weighted by Gasteiger charge is -2.38. The molecule has 0 aliphatic carbocycles. The number of nitrogens with one attached hydrogen (secondary N) is 2. The van der Waals surface area contributed by atoms with Gasteiger partial charge in [0, 0.05) is 57.3 Å². The Balaban J connectivity index is 0.953. The summed E-state index contributed by atoms with van der Waals surface area (Å²) in [6.07, 6.45) is 6.73. The molecule has 228 valence electrons. The Morgan fingerprint density at radius 2 is 1.95 bits per heavy atom. The minimum atomic E-state index is -0.723. The van der Waals surface area contributed by atoms with E-state index in [-0.39, 0.29) is 42.2 Å². The van der Waals surface area contributed by atoms with Crippen molar-refractivity contribution < 1.29 is 23.8 Å². The van der Waals surface area contributed by atoms with Crippen molar-refractivity contribution in [3.8, 4) is 5.75 Å². The molecule has 0 radical (unpaired) electrons. The zero-order valence-electron chi connectivity index (χ0n) is 24.7. The van der Waals surface area contributed by atoms with E-state index < -0.39 is 6.10 Å². The molecular formula is C31H39N7O5. The average molecular weight is 590 g/mol. The number of aliphatic hydroxyl groups excluding tert-OH is 1. The Morgan fingerprint density at radius 3 is 2.70 bits per heavy atom. The van der Waals surface area contributed by atoms with Gasteiger partial charge in [-0.1, -0.05) is 6.07 Å². The van der Waals surface area contributed by atoms with E-state index in [1.54, 1.807) is 13.0 Å². The Bertz CT molecular complexity index is 1450. The highest BCUT2D eigenvalue weighted by molar-refractivity contribution is 5.92. The molecule has 2 aromatic heterocycles. The van der Waals surface area contributed by atoms with Gasteiger partial charge in [0.25, 0.3) is 5.91 Å². The van der Waals surface area contributed by atoms with Crippen molar-refractivity contribution in [2.45, 2.75) is 83.3 Å².